The maximum Gasteiger partial charge on any atom is 0.207 e. The van der Waals surface area contributed by atoms with E-state index in [2.05, 4.69) is 17.7 Å². The normalized spacial score (nSPS) is 10.9. The summed E-state index contributed by atoms with van der Waals surface area (Å²) in [5.41, 5.74) is 7.77. The Morgan fingerprint density at radius 1 is 1.12 bits per heavy atom. The van der Waals surface area contributed by atoms with Crippen LogP contribution in [0.5, 0.6) is 5.75 Å². The SMILES string of the molecule is COc1ccc(C[N+](C)(CCCNC=O)CCCNC=O)cc1N. The summed E-state index contributed by atoms with van der Waals surface area (Å²) in [4.78, 5) is 20.8. The number of anilines is 1. The second-order valence-corrected chi connectivity index (χ2v) is 6.15. The molecule has 0 radical (unpaired) electrons. The number of hydrogen-bond donors (Lipinski definition) is 3. The lowest BCUT2D eigenvalue weighted by atomic mass is 10.1. The van der Waals surface area contributed by atoms with Gasteiger partial charge in [-0.15, -0.1) is 0 Å². The molecule has 24 heavy (non-hydrogen) atoms. The van der Waals surface area contributed by atoms with Crippen molar-refractivity contribution in [2.45, 2.75) is 19.4 Å². The molecule has 4 N–H and O–H groups in total. The van der Waals surface area contributed by atoms with Gasteiger partial charge in [-0.05, 0) is 18.2 Å². The Bertz CT molecular complexity index is 507. The Morgan fingerprint density at radius 3 is 2.17 bits per heavy atom. The van der Waals surface area contributed by atoms with E-state index in [1.165, 1.54) is 0 Å². The minimum Gasteiger partial charge on any atom is -0.495 e. The molecule has 1 aromatic rings. The number of ether oxygens (including phenoxy) is 1. The molecule has 2 amide bonds. The Morgan fingerprint density at radius 2 is 1.71 bits per heavy atom. The number of nitrogen functional groups attached to an aromatic ring is 1. The fraction of sp³-hybridized carbons (Fsp3) is 0.529. The van der Waals surface area contributed by atoms with Crippen molar-refractivity contribution < 1.29 is 18.8 Å². The molecule has 0 aliphatic carbocycles. The number of rotatable bonds is 13. The van der Waals surface area contributed by atoms with Crippen LogP contribution in [0.15, 0.2) is 18.2 Å². The summed E-state index contributed by atoms with van der Waals surface area (Å²) < 4.78 is 6.01. The van der Waals surface area contributed by atoms with Crippen LogP contribution >= 0.6 is 0 Å². The van der Waals surface area contributed by atoms with Crippen LogP contribution < -0.4 is 21.1 Å². The summed E-state index contributed by atoms with van der Waals surface area (Å²) in [6.07, 6.45) is 3.23. The highest BCUT2D eigenvalue weighted by atomic mass is 16.5. The van der Waals surface area contributed by atoms with E-state index in [0.717, 1.165) is 55.3 Å². The third-order valence-electron chi connectivity index (χ3n) is 4.06. The molecule has 0 aromatic heterocycles. The van der Waals surface area contributed by atoms with E-state index in [0.29, 0.717) is 24.5 Å². The molecule has 0 aliphatic rings. The van der Waals surface area contributed by atoms with Crippen LogP contribution in [0.3, 0.4) is 0 Å². The van der Waals surface area contributed by atoms with Gasteiger partial charge in [0, 0.05) is 31.5 Å². The molecule has 0 unspecified atom stereocenters. The number of benzene rings is 1. The highest BCUT2D eigenvalue weighted by Gasteiger charge is 2.22. The molecule has 0 spiro atoms. The summed E-state index contributed by atoms with van der Waals surface area (Å²) in [5, 5.41) is 5.40. The van der Waals surface area contributed by atoms with Crippen molar-refractivity contribution in [3.05, 3.63) is 23.8 Å². The molecule has 0 fully saturated rings. The fourth-order valence-corrected chi connectivity index (χ4v) is 2.84. The topological polar surface area (TPSA) is 93.5 Å². The molecule has 0 bridgehead atoms. The van der Waals surface area contributed by atoms with Gasteiger partial charge in [-0.1, -0.05) is 0 Å². The van der Waals surface area contributed by atoms with E-state index in [9.17, 15) is 9.59 Å². The average Bonchev–Trinajstić information content (AvgIpc) is 2.56. The van der Waals surface area contributed by atoms with Crippen molar-refractivity contribution in [1.82, 2.24) is 10.6 Å². The number of carbonyl (C=O) groups excluding carboxylic acids is 2. The monoisotopic (exact) mass is 337 g/mol. The van der Waals surface area contributed by atoms with Gasteiger partial charge >= 0.3 is 0 Å². The van der Waals surface area contributed by atoms with E-state index < -0.39 is 0 Å². The lowest BCUT2D eigenvalue weighted by Gasteiger charge is -2.35. The zero-order valence-electron chi connectivity index (χ0n) is 14.6. The quantitative estimate of drug-likeness (QED) is 0.211. The molecule has 0 atom stereocenters. The summed E-state index contributed by atoms with van der Waals surface area (Å²) >= 11 is 0. The van der Waals surface area contributed by atoms with Gasteiger partial charge in [0.15, 0.2) is 0 Å². The van der Waals surface area contributed by atoms with Gasteiger partial charge < -0.3 is 25.6 Å². The Kier molecular flexibility index (Phi) is 8.64. The molecule has 1 rings (SSSR count). The zero-order chi connectivity index (χ0) is 17.8. The van der Waals surface area contributed by atoms with E-state index >= 15 is 0 Å². The molecule has 0 heterocycles. The Hall–Kier alpha value is -2.28. The first-order valence-corrected chi connectivity index (χ1v) is 8.14. The van der Waals surface area contributed by atoms with Crippen LogP contribution in [-0.2, 0) is 16.1 Å². The highest BCUT2D eigenvalue weighted by Crippen LogP contribution is 2.24. The number of amides is 2. The molecule has 134 valence electrons. The fourth-order valence-electron chi connectivity index (χ4n) is 2.84. The first-order chi connectivity index (χ1) is 11.5. The molecule has 0 aliphatic heterocycles. The number of hydrogen-bond acceptors (Lipinski definition) is 4. The maximum absolute atomic E-state index is 10.4. The van der Waals surface area contributed by atoms with E-state index in [-0.39, 0.29) is 0 Å². The van der Waals surface area contributed by atoms with Crippen molar-refractivity contribution in [1.29, 1.82) is 0 Å². The lowest BCUT2D eigenvalue weighted by molar-refractivity contribution is -0.922. The first kappa shape index (κ1) is 19.8. The predicted molar refractivity (Wildman–Crippen MR) is 94.4 cm³/mol. The van der Waals surface area contributed by atoms with Gasteiger partial charge in [-0.25, -0.2) is 0 Å². The molecular formula is C17H29N4O3+. The number of nitrogens with two attached hydrogens (primary N) is 1. The van der Waals surface area contributed by atoms with Crippen LogP contribution in [0, 0.1) is 0 Å². The number of nitrogens with zero attached hydrogens (tertiary/aromatic N) is 1. The zero-order valence-corrected chi connectivity index (χ0v) is 14.6. The van der Waals surface area contributed by atoms with Gasteiger partial charge in [0.05, 0.1) is 32.9 Å². The molecule has 7 heteroatoms. The van der Waals surface area contributed by atoms with Gasteiger partial charge in [-0.2, -0.15) is 0 Å². The third kappa shape index (κ3) is 6.87. The predicted octanol–water partition coefficient (Wildman–Crippen LogP) is 0.496. The van der Waals surface area contributed by atoms with Crippen molar-refractivity contribution in [2.75, 3.05) is 46.1 Å². The Labute approximate surface area is 143 Å². The lowest BCUT2D eigenvalue weighted by Crippen LogP contribution is -2.46. The van der Waals surface area contributed by atoms with Crippen molar-refractivity contribution in [2.24, 2.45) is 0 Å². The van der Waals surface area contributed by atoms with Crippen LogP contribution in [0.1, 0.15) is 18.4 Å². The smallest absolute Gasteiger partial charge is 0.207 e. The summed E-state index contributed by atoms with van der Waals surface area (Å²) in [5.74, 6) is 0.679. The Balaban J connectivity index is 2.72. The molecule has 7 nitrogen and oxygen atoms in total. The van der Waals surface area contributed by atoms with Gasteiger partial charge in [0.2, 0.25) is 12.8 Å². The van der Waals surface area contributed by atoms with Crippen molar-refractivity contribution >= 4 is 18.5 Å². The number of nitrogens with one attached hydrogen (secondary N) is 2. The van der Waals surface area contributed by atoms with Gasteiger partial charge in [0.25, 0.3) is 0 Å². The molecule has 0 saturated carbocycles. The van der Waals surface area contributed by atoms with Crippen molar-refractivity contribution in [3.8, 4) is 5.75 Å². The van der Waals surface area contributed by atoms with Crippen molar-refractivity contribution in [3.63, 3.8) is 0 Å². The van der Waals surface area contributed by atoms with E-state index in [4.69, 9.17) is 10.5 Å². The number of methoxy groups -OCH3 is 1. The van der Waals surface area contributed by atoms with Gasteiger partial charge in [-0.3, -0.25) is 9.59 Å². The molecular weight excluding hydrogens is 308 g/mol. The summed E-state index contributed by atoms with van der Waals surface area (Å²) in [6.45, 7) is 4.00. The summed E-state index contributed by atoms with van der Waals surface area (Å²) in [6, 6.07) is 5.86. The largest absolute Gasteiger partial charge is 0.495 e. The minimum atomic E-state index is 0.631. The van der Waals surface area contributed by atoms with Crippen LogP contribution in [0.2, 0.25) is 0 Å². The van der Waals surface area contributed by atoms with Crippen LogP contribution in [0.25, 0.3) is 0 Å². The van der Waals surface area contributed by atoms with Crippen LogP contribution in [-0.4, -0.2) is 57.6 Å². The second kappa shape index (κ2) is 10.5. The van der Waals surface area contributed by atoms with Crippen LogP contribution in [0.4, 0.5) is 5.69 Å². The minimum absolute atomic E-state index is 0.631. The molecule has 0 saturated heterocycles. The number of carbonyl (C=O) groups is 2. The third-order valence-corrected chi connectivity index (χ3v) is 4.06. The second-order valence-electron chi connectivity index (χ2n) is 6.15. The highest BCUT2D eigenvalue weighted by molar-refractivity contribution is 5.54. The first-order valence-electron chi connectivity index (χ1n) is 8.14. The van der Waals surface area contributed by atoms with E-state index in [1.807, 2.05) is 18.2 Å². The molecule has 1 aromatic carbocycles. The number of quaternary nitrogens is 1. The van der Waals surface area contributed by atoms with E-state index in [1.54, 1.807) is 7.11 Å². The average molecular weight is 337 g/mol. The maximum atomic E-state index is 10.4. The standard InChI is InChI=1S/C17H28N4O3/c1-21(9-3-7-19-13-22,10-4-8-20-14-23)12-15-5-6-17(24-2)16(18)11-15/h5-6,11,13-14H,3-4,7-10,12,18H2,1-2H3,(H-,19,20,22,23)/p+1. The summed E-state index contributed by atoms with van der Waals surface area (Å²) in [7, 11) is 3.79. The van der Waals surface area contributed by atoms with Gasteiger partial charge in [0.1, 0.15) is 12.3 Å².